The smallest absolute Gasteiger partial charge is 0.246 e. The topological polar surface area (TPSA) is 68.9 Å². The fourth-order valence-electron chi connectivity index (χ4n) is 4.01. The molecule has 4 rings (SSSR count). The molecular weight excluding hydrogens is 460 g/mol. The van der Waals surface area contributed by atoms with Crippen molar-refractivity contribution in [3.8, 4) is 22.8 Å². The predicted molar refractivity (Wildman–Crippen MR) is 130 cm³/mol. The third-order valence-electron chi connectivity index (χ3n) is 5.91. The van der Waals surface area contributed by atoms with E-state index < -0.39 is 10.0 Å². The Bertz CT molecular complexity index is 1280. The molecule has 33 heavy (non-hydrogen) atoms. The summed E-state index contributed by atoms with van der Waals surface area (Å²) in [7, 11) is 1.23. The van der Waals surface area contributed by atoms with Crippen molar-refractivity contribution in [3.05, 3.63) is 59.5 Å². The van der Waals surface area contributed by atoms with Crippen LogP contribution in [0.1, 0.15) is 0 Å². The third kappa shape index (κ3) is 4.70. The second-order valence-corrected chi connectivity index (χ2v) is 10.1. The van der Waals surface area contributed by atoms with Crippen LogP contribution in [0.2, 0.25) is 0 Å². The number of aromatic nitrogens is 2. The van der Waals surface area contributed by atoms with E-state index in [1.807, 2.05) is 34.4 Å². The van der Waals surface area contributed by atoms with Gasteiger partial charge in [0, 0.05) is 45.5 Å². The molecule has 0 aliphatic carbocycles. The Labute approximate surface area is 199 Å². The van der Waals surface area contributed by atoms with Gasteiger partial charge < -0.3 is 18.6 Å². The van der Waals surface area contributed by atoms with E-state index in [-0.39, 0.29) is 4.90 Å². The summed E-state index contributed by atoms with van der Waals surface area (Å²) in [5.41, 5.74) is 2.15. The number of piperazine rings is 1. The average Bonchev–Trinajstić information content (AvgIpc) is 3.13. The molecule has 3 aromatic rings. The number of benzene rings is 2. The minimum atomic E-state index is -3.71. The second kappa shape index (κ2) is 9.68. The van der Waals surface area contributed by atoms with Gasteiger partial charge in [0.25, 0.3) is 0 Å². The molecule has 0 N–H and O–H groups in total. The summed E-state index contributed by atoms with van der Waals surface area (Å²) in [6, 6.07) is 14.9. The van der Waals surface area contributed by atoms with E-state index in [1.165, 1.54) is 24.6 Å². The molecule has 0 saturated carbocycles. The highest BCUT2D eigenvalue weighted by atomic mass is 32.2. The number of hydrogen-bond donors (Lipinski definition) is 0. The molecule has 0 unspecified atom stereocenters. The monoisotopic (exact) mass is 488 g/mol. The van der Waals surface area contributed by atoms with E-state index in [4.69, 9.17) is 21.7 Å². The number of sulfonamides is 1. The zero-order valence-corrected chi connectivity index (χ0v) is 20.6. The van der Waals surface area contributed by atoms with Crippen molar-refractivity contribution in [3.63, 3.8) is 0 Å². The molecule has 1 aliphatic rings. The Hall–Kier alpha value is -2.66. The molecule has 2 heterocycles. The highest BCUT2D eigenvalue weighted by molar-refractivity contribution is 7.89. The summed E-state index contributed by atoms with van der Waals surface area (Å²) in [5.74, 6) is 0.781. The number of imidazole rings is 1. The van der Waals surface area contributed by atoms with Crippen LogP contribution >= 0.6 is 12.2 Å². The average molecular weight is 489 g/mol. The van der Waals surface area contributed by atoms with Gasteiger partial charge in [-0.25, -0.2) is 8.42 Å². The van der Waals surface area contributed by atoms with E-state index in [0.29, 0.717) is 44.3 Å². The van der Waals surface area contributed by atoms with Gasteiger partial charge in [-0.2, -0.15) is 4.31 Å². The Kier molecular flexibility index (Phi) is 6.89. The highest BCUT2D eigenvalue weighted by Gasteiger charge is 2.31. The standard InChI is InChI=1S/C23H28N4O4S2/c1-24-20(18-7-5-4-6-8-18)16-26(23(24)32)17-25-11-13-27(14-12-25)33(28,29)22-15-19(30-2)9-10-21(22)31-3/h4-10,15-16H,11-14,17H2,1-3H3. The van der Waals surface area contributed by atoms with Gasteiger partial charge in [0.15, 0.2) is 4.77 Å². The van der Waals surface area contributed by atoms with Gasteiger partial charge in [0.1, 0.15) is 16.4 Å². The molecule has 0 bridgehead atoms. The van der Waals surface area contributed by atoms with Crippen molar-refractivity contribution >= 4 is 22.2 Å². The summed E-state index contributed by atoms with van der Waals surface area (Å²) in [4.78, 5) is 2.33. The lowest BCUT2D eigenvalue weighted by atomic mass is 10.2. The summed E-state index contributed by atoms with van der Waals surface area (Å²) in [6.45, 7) is 2.57. The molecule has 2 aromatic carbocycles. The molecular formula is C23H28N4O4S2. The maximum absolute atomic E-state index is 13.3. The third-order valence-corrected chi connectivity index (χ3v) is 8.34. The summed E-state index contributed by atoms with van der Waals surface area (Å²) >= 11 is 5.65. The fourth-order valence-corrected chi connectivity index (χ4v) is 5.82. The molecule has 176 valence electrons. The number of rotatable bonds is 7. The lowest BCUT2D eigenvalue weighted by Crippen LogP contribution is -2.48. The van der Waals surface area contributed by atoms with Gasteiger partial charge in [-0.15, -0.1) is 0 Å². The van der Waals surface area contributed by atoms with E-state index in [2.05, 4.69) is 23.2 Å². The summed E-state index contributed by atoms with van der Waals surface area (Å²) in [5, 5.41) is 0. The van der Waals surface area contributed by atoms with E-state index in [0.717, 1.165) is 16.0 Å². The zero-order valence-electron chi connectivity index (χ0n) is 19.0. The Morgan fingerprint density at radius 3 is 2.30 bits per heavy atom. The molecule has 1 aromatic heterocycles. The molecule has 8 nitrogen and oxygen atoms in total. The summed E-state index contributed by atoms with van der Waals surface area (Å²) in [6.07, 6.45) is 2.06. The van der Waals surface area contributed by atoms with Crippen LogP contribution in [-0.4, -0.2) is 67.2 Å². The van der Waals surface area contributed by atoms with Gasteiger partial charge in [-0.3, -0.25) is 4.90 Å². The molecule has 0 atom stereocenters. The van der Waals surface area contributed by atoms with Gasteiger partial charge in [0.2, 0.25) is 10.0 Å². The molecule has 1 fully saturated rings. The van der Waals surface area contributed by atoms with Gasteiger partial charge in [0.05, 0.1) is 26.6 Å². The van der Waals surface area contributed by atoms with Crippen molar-refractivity contribution in [2.45, 2.75) is 11.6 Å². The van der Waals surface area contributed by atoms with Gasteiger partial charge >= 0.3 is 0 Å². The van der Waals surface area contributed by atoms with Crippen molar-refractivity contribution in [1.82, 2.24) is 18.3 Å². The van der Waals surface area contributed by atoms with Crippen LogP contribution in [0.25, 0.3) is 11.3 Å². The molecule has 0 amide bonds. The molecule has 10 heteroatoms. The minimum absolute atomic E-state index is 0.121. The van der Waals surface area contributed by atoms with E-state index >= 15 is 0 Å². The van der Waals surface area contributed by atoms with Crippen molar-refractivity contribution in [2.75, 3.05) is 40.4 Å². The SMILES string of the molecule is COc1ccc(OC)c(S(=O)(=O)N2CCN(Cn3cc(-c4ccccc4)n(C)c3=S)CC2)c1. The van der Waals surface area contributed by atoms with E-state index in [9.17, 15) is 8.42 Å². The Morgan fingerprint density at radius 2 is 1.67 bits per heavy atom. The summed E-state index contributed by atoms with van der Waals surface area (Å²) < 4.78 is 43.4. The maximum atomic E-state index is 13.3. The first kappa shape index (κ1) is 23.5. The molecule has 0 spiro atoms. The minimum Gasteiger partial charge on any atom is -0.497 e. The number of nitrogens with zero attached hydrogens (tertiary/aromatic N) is 4. The largest absolute Gasteiger partial charge is 0.497 e. The van der Waals surface area contributed by atoms with Crippen LogP contribution in [0.5, 0.6) is 11.5 Å². The van der Waals surface area contributed by atoms with Crippen molar-refractivity contribution in [1.29, 1.82) is 0 Å². The lowest BCUT2D eigenvalue weighted by molar-refractivity contribution is 0.151. The Balaban J connectivity index is 1.48. The Morgan fingerprint density at radius 1 is 0.970 bits per heavy atom. The van der Waals surface area contributed by atoms with Crippen LogP contribution in [-0.2, 0) is 23.7 Å². The highest BCUT2D eigenvalue weighted by Crippen LogP contribution is 2.31. The normalized spacial score (nSPS) is 15.5. The first-order valence-electron chi connectivity index (χ1n) is 10.6. The quantitative estimate of drug-likeness (QED) is 0.476. The molecule has 1 aliphatic heterocycles. The maximum Gasteiger partial charge on any atom is 0.246 e. The second-order valence-electron chi connectivity index (χ2n) is 7.87. The van der Waals surface area contributed by atoms with Crippen LogP contribution < -0.4 is 9.47 Å². The van der Waals surface area contributed by atoms with Crippen LogP contribution in [0, 0.1) is 4.77 Å². The van der Waals surface area contributed by atoms with Gasteiger partial charge in [-0.05, 0) is 29.9 Å². The van der Waals surface area contributed by atoms with Gasteiger partial charge in [-0.1, -0.05) is 30.3 Å². The lowest BCUT2D eigenvalue weighted by Gasteiger charge is -2.34. The van der Waals surface area contributed by atoms with Crippen LogP contribution in [0.4, 0.5) is 0 Å². The number of ether oxygens (including phenoxy) is 2. The fraction of sp³-hybridized carbons (Fsp3) is 0.348. The number of methoxy groups -OCH3 is 2. The predicted octanol–water partition coefficient (Wildman–Crippen LogP) is 3.20. The first-order chi connectivity index (χ1) is 15.8. The van der Waals surface area contributed by atoms with E-state index in [1.54, 1.807) is 12.1 Å². The zero-order chi connectivity index (χ0) is 23.6. The first-order valence-corrected chi connectivity index (χ1v) is 12.5. The van der Waals surface area contributed by atoms with Crippen LogP contribution in [0.15, 0.2) is 59.6 Å². The van der Waals surface area contributed by atoms with Crippen molar-refractivity contribution in [2.24, 2.45) is 7.05 Å². The van der Waals surface area contributed by atoms with Crippen LogP contribution in [0.3, 0.4) is 0 Å². The molecule has 1 saturated heterocycles. The molecule has 0 radical (unpaired) electrons. The van der Waals surface area contributed by atoms with Crippen molar-refractivity contribution < 1.29 is 17.9 Å². The number of hydrogen-bond acceptors (Lipinski definition) is 6.